The number of nitrogens with zero attached hydrogens (tertiary/aromatic N) is 1. The van der Waals surface area contributed by atoms with Crippen molar-refractivity contribution in [3.8, 4) is 5.75 Å². The molecule has 14 N–H and O–H groups in total. The highest BCUT2D eigenvalue weighted by Gasteiger charge is 2.45. The van der Waals surface area contributed by atoms with Gasteiger partial charge in [0.2, 0.25) is 58.2 Å². The summed E-state index contributed by atoms with van der Waals surface area (Å²) in [6.45, 7) is 1.76. The van der Waals surface area contributed by atoms with E-state index in [2.05, 4.69) is 42.2 Å². The van der Waals surface area contributed by atoms with Crippen LogP contribution in [-0.4, -0.2) is 168 Å². The summed E-state index contributed by atoms with van der Waals surface area (Å²) >= 11 is -2.38. The van der Waals surface area contributed by atoms with E-state index in [0.717, 1.165) is 4.90 Å². The van der Waals surface area contributed by atoms with E-state index < -0.39 is 176 Å². The lowest BCUT2D eigenvalue weighted by Gasteiger charge is -2.32. The Bertz CT molecular complexity index is 2160. The summed E-state index contributed by atoms with van der Waals surface area (Å²) < 4.78 is 14.6. The first-order valence-corrected chi connectivity index (χ1v) is 21.9. The van der Waals surface area contributed by atoms with Gasteiger partial charge < -0.3 is 77.8 Å². The van der Waals surface area contributed by atoms with E-state index in [0.29, 0.717) is 6.42 Å². The maximum Gasteiger partial charge on any atom is 0.248 e. The first-order chi connectivity index (χ1) is 30.2. The van der Waals surface area contributed by atoms with Gasteiger partial charge in [-0.05, 0) is 18.1 Å². The summed E-state index contributed by atoms with van der Waals surface area (Å²) in [4.78, 5) is 127. The number of amides is 9. The molecule has 2 bridgehead atoms. The van der Waals surface area contributed by atoms with Crippen molar-refractivity contribution in [1.29, 1.82) is 0 Å². The molecule has 4 heterocycles. The van der Waals surface area contributed by atoms with Crippen LogP contribution >= 0.6 is 0 Å². The third-order valence-corrected chi connectivity index (χ3v) is 13.0. The first kappa shape index (κ1) is 49.0. The van der Waals surface area contributed by atoms with E-state index in [4.69, 9.17) is 5.73 Å². The predicted molar refractivity (Wildman–Crippen MR) is 222 cm³/mol. The van der Waals surface area contributed by atoms with Crippen LogP contribution in [0.25, 0.3) is 10.9 Å². The second kappa shape index (κ2) is 21.1. The van der Waals surface area contributed by atoms with Crippen LogP contribution in [0.1, 0.15) is 45.6 Å². The number of primary amides is 1. The van der Waals surface area contributed by atoms with Crippen LogP contribution in [0.15, 0.2) is 23.2 Å². The summed E-state index contributed by atoms with van der Waals surface area (Å²) in [7, 11) is 0. The molecule has 0 radical (unpaired) electrons. The number of nitrogens with one attached hydrogen (secondary N) is 8. The molecule has 5 rings (SSSR count). The number of aromatic amines is 1. The Labute approximate surface area is 368 Å². The van der Waals surface area contributed by atoms with Gasteiger partial charge in [0.1, 0.15) is 41.7 Å². The van der Waals surface area contributed by atoms with Gasteiger partial charge in [0.25, 0.3) is 0 Å². The Hall–Kier alpha value is -6.02. The standard InChI is InChI=1S/C39H54N10O14S/c1-4-16(2)31-36(60)42-11-29(55)43-25-15-64(63)38-21(20-6-5-18(51)7-22(20)46-38)9-23(33(57)41-12-30(56)47-31)44-37(61)32(17(3)27(53)14-50)48-35(59)26-8-19(52)13-49(26)39(62)24(10-28(40)54)45-34(25)58/h5-7,16-17,19,23-27,31-32,46,50-53H,4,8-15H2,1-3H3,(H2,40,54)(H,41,57)(H,42,60)(H,43,55)(H,44,61)(H,45,58)(H,47,56)(H,48,59)/t16-,17?,19?,23-,24?,25-,26?,27?,31?,32?,64?/m0/s1. The molecule has 2 aromatic rings. The van der Waals surface area contributed by atoms with Gasteiger partial charge in [-0.2, -0.15) is 0 Å². The van der Waals surface area contributed by atoms with Crippen LogP contribution in [0.4, 0.5) is 0 Å². The lowest BCUT2D eigenvalue weighted by Crippen LogP contribution is -2.62. The molecule has 0 aliphatic carbocycles. The second-order valence-electron chi connectivity index (χ2n) is 16.1. The van der Waals surface area contributed by atoms with Crippen molar-refractivity contribution in [3.05, 3.63) is 23.8 Å². The van der Waals surface area contributed by atoms with Gasteiger partial charge in [0, 0.05) is 53.5 Å². The summed E-state index contributed by atoms with van der Waals surface area (Å²) in [5.41, 5.74) is 5.73. The minimum atomic E-state index is -2.38. The number of aromatic nitrogens is 1. The molecule has 64 heavy (non-hydrogen) atoms. The van der Waals surface area contributed by atoms with Gasteiger partial charge in [-0.3, -0.25) is 43.2 Å². The van der Waals surface area contributed by atoms with E-state index in [1.807, 2.05) is 0 Å². The quantitative estimate of drug-likeness (QED) is 0.115. The van der Waals surface area contributed by atoms with Gasteiger partial charge in [-0.15, -0.1) is 0 Å². The van der Waals surface area contributed by atoms with Crippen molar-refractivity contribution in [3.63, 3.8) is 0 Å². The van der Waals surface area contributed by atoms with Crippen LogP contribution in [0, 0.1) is 11.8 Å². The molecule has 1 aromatic heterocycles. The topological polar surface area (TPSA) is 387 Å². The van der Waals surface area contributed by atoms with Crippen LogP contribution in [0.2, 0.25) is 0 Å². The molecule has 0 saturated carbocycles. The van der Waals surface area contributed by atoms with Crippen molar-refractivity contribution in [1.82, 2.24) is 47.1 Å². The molecule has 1 fully saturated rings. The van der Waals surface area contributed by atoms with Crippen molar-refractivity contribution >= 4 is 75.2 Å². The van der Waals surface area contributed by atoms with Gasteiger partial charge in [-0.25, -0.2) is 0 Å². The average Bonchev–Trinajstić information content (AvgIpc) is 3.82. The molecule has 1 aromatic carbocycles. The van der Waals surface area contributed by atoms with Crippen LogP contribution in [-0.2, 0) is 60.7 Å². The highest BCUT2D eigenvalue weighted by molar-refractivity contribution is 7.91. The van der Waals surface area contributed by atoms with E-state index >= 15 is 0 Å². The van der Waals surface area contributed by atoms with E-state index in [1.165, 1.54) is 25.1 Å². The minimum absolute atomic E-state index is 0.0800. The number of aliphatic hydroxyl groups is 3. The molecular formula is C39H54N10O14S. The summed E-state index contributed by atoms with van der Waals surface area (Å²) in [6.07, 6.45) is -4.42. The molecule has 8 unspecified atom stereocenters. The largest absolute Gasteiger partial charge is 0.610 e. The fraction of sp³-hybridized carbons (Fsp3) is 0.564. The Balaban J connectivity index is 1.73. The molecule has 25 heteroatoms. The van der Waals surface area contributed by atoms with Gasteiger partial charge in [0.05, 0.1) is 43.8 Å². The first-order valence-electron chi connectivity index (χ1n) is 20.6. The van der Waals surface area contributed by atoms with Crippen molar-refractivity contribution in [2.24, 2.45) is 17.6 Å². The number of H-pyrrole nitrogens is 1. The third kappa shape index (κ3) is 11.6. The lowest BCUT2D eigenvalue weighted by atomic mass is 9.93. The number of carbonyl (C=O) groups is 9. The number of nitrogens with two attached hydrogens (primary N) is 1. The number of aliphatic hydroxyl groups excluding tert-OH is 3. The number of aromatic hydroxyl groups is 1. The Morgan fingerprint density at radius 2 is 1.56 bits per heavy atom. The Morgan fingerprint density at radius 3 is 2.22 bits per heavy atom. The number of phenols is 1. The number of hydrogen-bond donors (Lipinski definition) is 13. The summed E-state index contributed by atoms with van der Waals surface area (Å²) in [5.74, 6) is -12.1. The predicted octanol–water partition coefficient (Wildman–Crippen LogP) is -5.92. The molecule has 9 amide bonds. The van der Waals surface area contributed by atoms with Crippen LogP contribution in [0.3, 0.4) is 0 Å². The zero-order valence-electron chi connectivity index (χ0n) is 35.2. The third-order valence-electron chi connectivity index (χ3n) is 11.5. The van der Waals surface area contributed by atoms with Crippen molar-refractivity contribution in [2.75, 3.05) is 32.0 Å². The molecule has 350 valence electrons. The molecule has 24 nitrogen and oxygen atoms in total. The normalized spacial score (nSPS) is 28.5. The van der Waals surface area contributed by atoms with Gasteiger partial charge in [-0.1, -0.05) is 27.2 Å². The monoisotopic (exact) mass is 918 g/mol. The van der Waals surface area contributed by atoms with E-state index in [-0.39, 0.29) is 27.2 Å². The van der Waals surface area contributed by atoms with Crippen LogP contribution < -0.4 is 43.0 Å². The molecule has 3 aliphatic heterocycles. The summed E-state index contributed by atoms with van der Waals surface area (Å²) in [6, 6.07) is -5.99. The van der Waals surface area contributed by atoms with Crippen molar-refractivity contribution in [2.45, 2.75) is 99.9 Å². The maximum atomic E-state index is 14.6. The molecular weight excluding hydrogens is 865 g/mol. The SMILES string of the molecule is CC[C@H](C)C1NC(=O)CNC(=O)[C@@H]2Cc3c([nH]c4cc(O)ccc34)[S+]([O-])C[C@H](NC(=O)CNC1=O)C(=O)NC(CC(N)=O)C(=O)N1CC(O)CC1C(=O)NC(C(C)C(O)CO)C(=O)N2. The second-order valence-corrected chi connectivity index (χ2v) is 17.6. The Kier molecular flexibility index (Phi) is 16.2. The fourth-order valence-corrected chi connectivity index (χ4v) is 9.10. The molecule has 1 saturated heterocycles. The zero-order valence-corrected chi connectivity index (χ0v) is 36.0. The summed E-state index contributed by atoms with van der Waals surface area (Å²) in [5, 5.41) is 58.8. The van der Waals surface area contributed by atoms with E-state index in [9.17, 15) is 68.1 Å². The Morgan fingerprint density at radius 1 is 0.891 bits per heavy atom. The number of hydrogen-bond acceptors (Lipinski definition) is 14. The lowest BCUT2D eigenvalue weighted by molar-refractivity contribution is -0.144. The highest BCUT2D eigenvalue weighted by atomic mass is 32.2. The zero-order chi connectivity index (χ0) is 47.2. The molecule has 11 atom stereocenters. The maximum absolute atomic E-state index is 14.6. The molecule has 0 spiro atoms. The number of phenolic OH excluding ortho intramolecular Hbond substituents is 1. The van der Waals surface area contributed by atoms with Gasteiger partial charge >= 0.3 is 0 Å². The number of benzene rings is 1. The smallest absolute Gasteiger partial charge is 0.248 e. The molecule has 3 aliphatic rings. The fourth-order valence-electron chi connectivity index (χ4n) is 7.70. The minimum Gasteiger partial charge on any atom is -0.610 e. The average molecular weight is 919 g/mol. The van der Waals surface area contributed by atoms with Crippen molar-refractivity contribution < 1.29 is 68.1 Å². The number of carbonyl (C=O) groups excluding carboxylic acids is 9. The highest BCUT2D eigenvalue weighted by Crippen LogP contribution is 2.31. The van der Waals surface area contributed by atoms with Gasteiger partial charge in [0.15, 0.2) is 6.04 Å². The number of fused-ring (bicyclic) bond motifs is 5. The van der Waals surface area contributed by atoms with Crippen LogP contribution in [0.5, 0.6) is 5.75 Å². The number of rotatable bonds is 7. The van der Waals surface area contributed by atoms with E-state index in [1.54, 1.807) is 13.8 Å².